The summed E-state index contributed by atoms with van der Waals surface area (Å²) in [4.78, 5) is 0. The van der Waals surface area contributed by atoms with Gasteiger partial charge in [-0.1, -0.05) is 36.4 Å². The van der Waals surface area contributed by atoms with Crippen molar-refractivity contribution < 1.29 is 0 Å². The van der Waals surface area contributed by atoms with Crippen molar-refractivity contribution in [1.82, 2.24) is 0 Å². The summed E-state index contributed by atoms with van der Waals surface area (Å²) >= 11 is 2.01. The molecule has 1 atom stereocenters. The molecule has 1 aliphatic heterocycles. The zero-order chi connectivity index (χ0) is 12.4. The van der Waals surface area contributed by atoms with Crippen molar-refractivity contribution in [3.63, 3.8) is 0 Å². The number of hydrogen-bond donors (Lipinski definition) is 1. The molecule has 1 heterocycles. The average molecular weight is 255 g/mol. The normalized spacial score (nSPS) is 18.2. The molecule has 0 spiro atoms. The number of thioether (sulfide) groups is 1. The monoisotopic (exact) mass is 255 g/mol. The molecule has 1 nitrogen and oxygen atoms in total. The molecule has 0 aromatic heterocycles. The average Bonchev–Trinajstić information content (AvgIpc) is 2.39. The highest BCUT2D eigenvalue weighted by molar-refractivity contribution is 7.98. The summed E-state index contributed by atoms with van der Waals surface area (Å²) < 4.78 is 0. The summed E-state index contributed by atoms with van der Waals surface area (Å²) in [7, 11) is 0. The van der Waals surface area contributed by atoms with Crippen molar-refractivity contribution in [2.24, 2.45) is 0 Å². The molecule has 3 rings (SSSR count). The smallest absolute Gasteiger partial charge is 0.0607 e. The molecule has 0 saturated heterocycles. The predicted molar refractivity (Wildman–Crippen MR) is 80.1 cm³/mol. The van der Waals surface area contributed by atoms with Gasteiger partial charge in [0.15, 0.2) is 0 Å². The number of rotatable bonds is 2. The van der Waals surface area contributed by atoms with Crippen LogP contribution < -0.4 is 5.32 Å². The highest BCUT2D eigenvalue weighted by atomic mass is 32.2. The van der Waals surface area contributed by atoms with Crippen molar-refractivity contribution in [2.45, 2.75) is 18.7 Å². The van der Waals surface area contributed by atoms with Gasteiger partial charge >= 0.3 is 0 Å². The van der Waals surface area contributed by atoms with Gasteiger partial charge in [-0.2, -0.15) is 11.8 Å². The Hall–Kier alpha value is -1.41. The molecule has 92 valence electrons. The fraction of sp³-hybridized carbons (Fsp3) is 0.250. The molecule has 0 aliphatic carbocycles. The lowest BCUT2D eigenvalue weighted by molar-refractivity contribution is 0.871. The van der Waals surface area contributed by atoms with E-state index in [4.69, 9.17) is 0 Å². The van der Waals surface area contributed by atoms with Crippen LogP contribution in [-0.4, -0.2) is 5.75 Å². The quantitative estimate of drug-likeness (QED) is 0.854. The Balaban J connectivity index is 1.86. The minimum Gasteiger partial charge on any atom is -0.377 e. The number of aryl methyl sites for hydroxylation is 1. The topological polar surface area (TPSA) is 12.0 Å². The zero-order valence-electron chi connectivity index (χ0n) is 10.5. The highest BCUT2D eigenvalue weighted by Crippen LogP contribution is 2.33. The van der Waals surface area contributed by atoms with Crippen LogP contribution in [0.25, 0.3) is 0 Å². The number of benzene rings is 2. The Morgan fingerprint density at radius 2 is 2.00 bits per heavy atom. The first-order chi connectivity index (χ1) is 8.83. The van der Waals surface area contributed by atoms with Gasteiger partial charge in [-0.25, -0.2) is 0 Å². The Kier molecular flexibility index (Phi) is 3.28. The molecular weight excluding hydrogens is 238 g/mol. The largest absolute Gasteiger partial charge is 0.377 e. The fourth-order valence-electron chi connectivity index (χ4n) is 2.44. The number of hydrogen-bond acceptors (Lipinski definition) is 2. The molecule has 1 unspecified atom stereocenters. The standard InChI is InChI=1S/C16H17NS/c1-12-5-4-7-14(9-12)17-16-11-18-10-13-6-2-3-8-15(13)16/h2-9,16-17H,10-11H2,1H3. The van der Waals surface area contributed by atoms with E-state index in [2.05, 4.69) is 60.8 Å². The van der Waals surface area contributed by atoms with E-state index >= 15 is 0 Å². The maximum atomic E-state index is 3.66. The van der Waals surface area contributed by atoms with Gasteiger partial charge in [0, 0.05) is 17.2 Å². The second-order valence-electron chi connectivity index (χ2n) is 4.78. The first-order valence-corrected chi connectivity index (χ1v) is 7.47. The lowest BCUT2D eigenvalue weighted by atomic mass is 10.0. The van der Waals surface area contributed by atoms with Gasteiger partial charge in [0.25, 0.3) is 0 Å². The van der Waals surface area contributed by atoms with Crippen LogP contribution in [0.2, 0.25) is 0 Å². The van der Waals surface area contributed by atoms with Crippen molar-refractivity contribution >= 4 is 17.4 Å². The summed E-state index contributed by atoms with van der Waals surface area (Å²) in [6.45, 7) is 2.13. The van der Waals surface area contributed by atoms with Gasteiger partial charge in [0.1, 0.15) is 0 Å². The fourth-order valence-corrected chi connectivity index (χ4v) is 3.54. The lowest BCUT2D eigenvalue weighted by Crippen LogP contribution is -2.18. The van der Waals surface area contributed by atoms with Crippen LogP contribution in [0, 0.1) is 6.92 Å². The molecule has 1 aliphatic rings. The van der Waals surface area contributed by atoms with E-state index in [1.807, 2.05) is 11.8 Å². The van der Waals surface area contributed by atoms with Gasteiger partial charge < -0.3 is 5.32 Å². The molecule has 2 heteroatoms. The van der Waals surface area contributed by atoms with Crippen molar-refractivity contribution in [2.75, 3.05) is 11.1 Å². The van der Waals surface area contributed by atoms with Crippen LogP contribution >= 0.6 is 11.8 Å². The number of fused-ring (bicyclic) bond motifs is 1. The van der Waals surface area contributed by atoms with Crippen LogP contribution in [0.5, 0.6) is 0 Å². The van der Waals surface area contributed by atoms with Crippen LogP contribution in [0.1, 0.15) is 22.7 Å². The van der Waals surface area contributed by atoms with E-state index in [0.29, 0.717) is 6.04 Å². The highest BCUT2D eigenvalue weighted by Gasteiger charge is 2.19. The summed E-state index contributed by atoms with van der Waals surface area (Å²) in [5.41, 5.74) is 5.45. The molecule has 0 fully saturated rings. The summed E-state index contributed by atoms with van der Waals surface area (Å²) in [5, 5.41) is 3.66. The molecule has 2 aromatic rings. The third kappa shape index (κ3) is 2.39. The second kappa shape index (κ2) is 5.07. The van der Waals surface area contributed by atoms with Crippen molar-refractivity contribution in [3.05, 3.63) is 65.2 Å². The summed E-state index contributed by atoms with van der Waals surface area (Å²) in [6, 6.07) is 17.8. The minimum atomic E-state index is 0.432. The molecule has 0 radical (unpaired) electrons. The van der Waals surface area contributed by atoms with E-state index < -0.39 is 0 Å². The van der Waals surface area contributed by atoms with Crippen molar-refractivity contribution in [1.29, 1.82) is 0 Å². The van der Waals surface area contributed by atoms with Gasteiger partial charge in [0.05, 0.1) is 6.04 Å². The maximum absolute atomic E-state index is 3.66. The molecule has 0 bridgehead atoms. The Labute approximate surface area is 113 Å². The molecule has 18 heavy (non-hydrogen) atoms. The van der Waals surface area contributed by atoms with E-state index in [9.17, 15) is 0 Å². The SMILES string of the molecule is Cc1cccc(NC2CSCc3ccccc32)c1. The molecule has 0 saturated carbocycles. The minimum absolute atomic E-state index is 0.432. The zero-order valence-corrected chi connectivity index (χ0v) is 11.3. The summed E-state index contributed by atoms with van der Waals surface area (Å²) in [6.07, 6.45) is 0. The van der Waals surface area contributed by atoms with Crippen LogP contribution in [0.3, 0.4) is 0 Å². The molecule has 0 amide bonds. The van der Waals surface area contributed by atoms with Gasteiger partial charge in [-0.05, 0) is 35.7 Å². The Morgan fingerprint density at radius 1 is 1.11 bits per heavy atom. The summed E-state index contributed by atoms with van der Waals surface area (Å²) in [5.74, 6) is 2.28. The lowest BCUT2D eigenvalue weighted by Gasteiger charge is -2.27. The van der Waals surface area contributed by atoms with Crippen molar-refractivity contribution in [3.8, 4) is 0 Å². The Morgan fingerprint density at radius 3 is 2.89 bits per heavy atom. The first kappa shape index (κ1) is 11.7. The van der Waals surface area contributed by atoms with Crippen LogP contribution in [-0.2, 0) is 5.75 Å². The predicted octanol–water partition coefficient (Wildman–Crippen LogP) is 4.40. The van der Waals surface area contributed by atoms with Crippen LogP contribution in [0.15, 0.2) is 48.5 Å². The van der Waals surface area contributed by atoms with Gasteiger partial charge in [0.2, 0.25) is 0 Å². The first-order valence-electron chi connectivity index (χ1n) is 6.32. The van der Waals surface area contributed by atoms with E-state index in [1.54, 1.807) is 0 Å². The Bertz CT molecular complexity index is 550. The van der Waals surface area contributed by atoms with Gasteiger partial charge in [-0.3, -0.25) is 0 Å². The van der Waals surface area contributed by atoms with E-state index in [0.717, 1.165) is 11.5 Å². The molecular formula is C16H17NS. The second-order valence-corrected chi connectivity index (χ2v) is 5.81. The maximum Gasteiger partial charge on any atom is 0.0607 e. The third-order valence-corrected chi connectivity index (χ3v) is 4.42. The number of anilines is 1. The van der Waals surface area contributed by atoms with Gasteiger partial charge in [-0.15, -0.1) is 0 Å². The van der Waals surface area contributed by atoms with Crippen LogP contribution in [0.4, 0.5) is 5.69 Å². The van der Waals surface area contributed by atoms with E-state index in [-0.39, 0.29) is 0 Å². The molecule has 2 aromatic carbocycles. The number of nitrogens with one attached hydrogen (secondary N) is 1. The third-order valence-electron chi connectivity index (χ3n) is 3.33. The van der Waals surface area contributed by atoms with E-state index in [1.165, 1.54) is 22.4 Å². The molecule has 1 N–H and O–H groups in total.